The van der Waals surface area contributed by atoms with Crippen molar-refractivity contribution in [3.63, 3.8) is 0 Å². The Morgan fingerprint density at radius 3 is 2.52 bits per heavy atom. The number of amides is 1. The van der Waals surface area contributed by atoms with Crippen LogP contribution in [0.15, 0.2) is 60.8 Å². The number of aromatic nitrogens is 1. The summed E-state index contributed by atoms with van der Waals surface area (Å²) >= 11 is 0. The lowest BCUT2D eigenvalue weighted by atomic mass is 10.1. The van der Waals surface area contributed by atoms with Crippen LogP contribution in [0.1, 0.15) is 21.6 Å². The van der Waals surface area contributed by atoms with Gasteiger partial charge in [0.25, 0.3) is 5.91 Å². The van der Waals surface area contributed by atoms with Gasteiger partial charge in [0.15, 0.2) is 0 Å². The number of nitrogens with one attached hydrogen (secondary N) is 2. The van der Waals surface area contributed by atoms with Crippen molar-refractivity contribution in [3.8, 4) is 0 Å². The van der Waals surface area contributed by atoms with Crippen molar-refractivity contribution in [1.29, 1.82) is 0 Å². The maximum Gasteiger partial charge on any atom is 0.274 e. The van der Waals surface area contributed by atoms with E-state index < -0.39 is 0 Å². The average Bonchev–Trinajstić information content (AvgIpc) is 2.61. The number of nitrogens with zero attached hydrogens (tertiary/aromatic N) is 1. The quantitative estimate of drug-likeness (QED) is 0.718. The monoisotopic (exact) mass is 335 g/mol. The molecular formula is C20H18FN3O. The lowest BCUT2D eigenvalue weighted by Gasteiger charge is -2.10. The summed E-state index contributed by atoms with van der Waals surface area (Å²) in [6.45, 7) is 3.90. The highest BCUT2D eigenvalue weighted by Crippen LogP contribution is 2.20. The molecule has 0 atom stereocenters. The summed E-state index contributed by atoms with van der Waals surface area (Å²) in [5.74, 6) is -0.634. The molecule has 126 valence electrons. The first kappa shape index (κ1) is 16.6. The molecule has 1 amide bonds. The summed E-state index contributed by atoms with van der Waals surface area (Å²) in [5, 5.41) is 5.80. The Hall–Kier alpha value is -3.21. The summed E-state index contributed by atoms with van der Waals surface area (Å²) in [4.78, 5) is 16.5. The number of hydrogen-bond donors (Lipinski definition) is 2. The van der Waals surface area contributed by atoms with Gasteiger partial charge in [-0.3, -0.25) is 4.79 Å². The SMILES string of the molecule is Cc1ccc(C)c(NC(=O)c2ccc(Nc3ccccc3F)cn2)c1. The van der Waals surface area contributed by atoms with Crippen molar-refractivity contribution in [2.45, 2.75) is 13.8 Å². The van der Waals surface area contributed by atoms with E-state index in [0.29, 0.717) is 17.1 Å². The Morgan fingerprint density at radius 1 is 1.00 bits per heavy atom. The molecule has 1 heterocycles. The highest BCUT2D eigenvalue weighted by Gasteiger charge is 2.10. The minimum atomic E-state index is -0.348. The summed E-state index contributed by atoms with van der Waals surface area (Å²) in [6.07, 6.45) is 1.50. The van der Waals surface area contributed by atoms with Crippen LogP contribution in [-0.2, 0) is 0 Å². The molecule has 3 rings (SSSR count). The Morgan fingerprint density at radius 2 is 1.80 bits per heavy atom. The Balaban J connectivity index is 1.72. The normalized spacial score (nSPS) is 10.4. The number of pyridine rings is 1. The lowest BCUT2D eigenvalue weighted by molar-refractivity contribution is 0.102. The number of hydrogen-bond acceptors (Lipinski definition) is 3. The molecule has 0 bridgehead atoms. The number of halogens is 1. The van der Waals surface area contributed by atoms with Crippen LogP contribution in [0.2, 0.25) is 0 Å². The van der Waals surface area contributed by atoms with Gasteiger partial charge in [0.05, 0.1) is 17.6 Å². The van der Waals surface area contributed by atoms with Gasteiger partial charge in [-0.15, -0.1) is 0 Å². The average molecular weight is 335 g/mol. The second-order valence-corrected chi connectivity index (χ2v) is 5.81. The molecule has 0 saturated heterocycles. The molecule has 2 N–H and O–H groups in total. The smallest absolute Gasteiger partial charge is 0.274 e. The number of rotatable bonds is 4. The van der Waals surface area contributed by atoms with Gasteiger partial charge in [-0.2, -0.15) is 0 Å². The van der Waals surface area contributed by atoms with Gasteiger partial charge in [0, 0.05) is 5.69 Å². The van der Waals surface area contributed by atoms with E-state index in [2.05, 4.69) is 15.6 Å². The third kappa shape index (κ3) is 4.01. The van der Waals surface area contributed by atoms with Gasteiger partial charge >= 0.3 is 0 Å². The molecule has 0 aliphatic carbocycles. The molecule has 1 aromatic heterocycles. The summed E-state index contributed by atoms with van der Waals surface area (Å²) in [5.41, 5.74) is 4.07. The van der Waals surface area contributed by atoms with Gasteiger partial charge in [-0.25, -0.2) is 9.37 Å². The van der Waals surface area contributed by atoms with Gasteiger partial charge in [0.1, 0.15) is 11.5 Å². The highest BCUT2D eigenvalue weighted by atomic mass is 19.1. The van der Waals surface area contributed by atoms with E-state index in [9.17, 15) is 9.18 Å². The zero-order valence-electron chi connectivity index (χ0n) is 14.0. The topological polar surface area (TPSA) is 54.0 Å². The molecule has 4 nitrogen and oxygen atoms in total. The number of benzene rings is 2. The predicted octanol–water partition coefficient (Wildman–Crippen LogP) is 4.83. The van der Waals surface area contributed by atoms with Crippen molar-refractivity contribution in [2.24, 2.45) is 0 Å². The number of anilines is 3. The van der Waals surface area contributed by atoms with Crippen molar-refractivity contribution in [3.05, 3.63) is 83.4 Å². The van der Waals surface area contributed by atoms with E-state index in [1.165, 1.54) is 12.3 Å². The largest absolute Gasteiger partial charge is 0.352 e. The van der Waals surface area contributed by atoms with Crippen molar-refractivity contribution in [2.75, 3.05) is 10.6 Å². The van der Waals surface area contributed by atoms with Crippen LogP contribution in [0.4, 0.5) is 21.5 Å². The first-order valence-electron chi connectivity index (χ1n) is 7.89. The van der Waals surface area contributed by atoms with Crippen LogP contribution in [0.5, 0.6) is 0 Å². The molecule has 0 aliphatic rings. The third-order valence-corrected chi connectivity index (χ3v) is 3.79. The summed E-state index contributed by atoms with van der Waals surface area (Å²) in [7, 11) is 0. The fourth-order valence-corrected chi connectivity index (χ4v) is 2.38. The second kappa shape index (κ2) is 7.13. The van der Waals surface area contributed by atoms with Gasteiger partial charge in [0.2, 0.25) is 0 Å². The van der Waals surface area contributed by atoms with Crippen LogP contribution in [-0.4, -0.2) is 10.9 Å². The second-order valence-electron chi connectivity index (χ2n) is 5.81. The van der Waals surface area contributed by atoms with Crippen molar-refractivity contribution >= 4 is 23.0 Å². The van der Waals surface area contributed by atoms with E-state index in [4.69, 9.17) is 0 Å². The van der Waals surface area contributed by atoms with Crippen molar-refractivity contribution in [1.82, 2.24) is 4.98 Å². The molecular weight excluding hydrogens is 317 g/mol. The zero-order valence-corrected chi connectivity index (χ0v) is 14.0. The van der Waals surface area contributed by atoms with Crippen LogP contribution < -0.4 is 10.6 Å². The minimum Gasteiger partial charge on any atom is -0.352 e. The third-order valence-electron chi connectivity index (χ3n) is 3.79. The van der Waals surface area contributed by atoms with E-state index in [1.54, 1.807) is 30.3 Å². The van der Waals surface area contributed by atoms with E-state index in [1.807, 2.05) is 32.0 Å². The zero-order chi connectivity index (χ0) is 17.8. The predicted molar refractivity (Wildman–Crippen MR) is 97.8 cm³/mol. The molecule has 3 aromatic rings. The number of carbonyl (C=O) groups excluding carboxylic acids is 1. The molecule has 0 radical (unpaired) electrons. The minimum absolute atomic E-state index is 0.286. The van der Waals surface area contributed by atoms with E-state index >= 15 is 0 Å². The van der Waals surface area contributed by atoms with Crippen LogP contribution in [0, 0.1) is 19.7 Å². The fraction of sp³-hybridized carbons (Fsp3) is 0.100. The molecule has 0 unspecified atom stereocenters. The molecule has 0 saturated carbocycles. The maximum atomic E-state index is 13.6. The molecule has 0 fully saturated rings. The van der Waals surface area contributed by atoms with Crippen LogP contribution in [0.3, 0.4) is 0 Å². The highest BCUT2D eigenvalue weighted by molar-refractivity contribution is 6.03. The first-order valence-corrected chi connectivity index (χ1v) is 7.89. The van der Waals surface area contributed by atoms with Gasteiger partial charge < -0.3 is 10.6 Å². The maximum absolute atomic E-state index is 13.6. The molecule has 0 spiro atoms. The number of carbonyl (C=O) groups is 1. The molecule has 25 heavy (non-hydrogen) atoms. The van der Waals surface area contributed by atoms with E-state index in [0.717, 1.165) is 16.8 Å². The lowest BCUT2D eigenvalue weighted by Crippen LogP contribution is -2.14. The molecule has 0 aliphatic heterocycles. The molecule has 5 heteroatoms. The van der Waals surface area contributed by atoms with Crippen LogP contribution in [0.25, 0.3) is 0 Å². The number of aryl methyl sites for hydroxylation is 2. The van der Waals surface area contributed by atoms with Crippen molar-refractivity contribution < 1.29 is 9.18 Å². The van der Waals surface area contributed by atoms with Gasteiger partial charge in [-0.05, 0) is 55.3 Å². The standard InChI is InChI=1S/C20H18FN3O/c1-13-7-8-14(2)19(11-13)24-20(25)18-10-9-15(12-22-18)23-17-6-4-3-5-16(17)21/h3-12,23H,1-2H3,(H,24,25). The first-order chi connectivity index (χ1) is 12.0. The Kier molecular flexibility index (Phi) is 4.75. The van der Waals surface area contributed by atoms with Crippen LogP contribution >= 0.6 is 0 Å². The molecule has 2 aromatic carbocycles. The Labute approximate surface area is 145 Å². The number of para-hydroxylation sites is 1. The summed E-state index contributed by atoms with van der Waals surface area (Å²) < 4.78 is 13.6. The van der Waals surface area contributed by atoms with Gasteiger partial charge in [-0.1, -0.05) is 24.3 Å². The fourth-order valence-electron chi connectivity index (χ4n) is 2.38. The Bertz CT molecular complexity index is 907. The summed E-state index contributed by atoms with van der Waals surface area (Å²) in [6, 6.07) is 15.5. The van der Waals surface area contributed by atoms with E-state index in [-0.39, 0.29) is 11.7 Å².